The first-order valence-electron chi connectivity index (χ1n) is 11.3. The van der Waals surface area contributed by atoms with Gasteiger partial charge in [0.05, 0.1) is 26.6 Å². The molecule has 0 saturated carbocycles. The van der Waals surface area contributed by atoms with Crippen molar-refractivity contribution in [1.82, 2.24) is 14.5 Å². The van der Waals surface area contributed by atoms with E-state index in [-0.39, 0.29) is 27.9 Å². The van der Waals surface area contributed by atoms with Gasteiger partial charge in [0, 0.05) is 19.1 Å². The summed E-state index contributed by atoms with van der Waals surface area (Å²) in [7, 11) is -3.71. The number of carbonyl (C=O) groups excluding carboxylic acids is 1. The van der Waals surface area contributed by atoms with Gasteiger partial charge in [-0.3, -0.25) is 10.1 Å². The van der Waals surface area contributed by atoms with Gasteiger partial charge in [0.2, 0.25) is 15.9 Å². The Balaban J connectivity index is 1.55. The van der Waals surface area contributed by atoms with E-state index in [4.69, 9.17) is 23.2 Å². The van der Waals surface area contributed by atoms with Crippen molar-refractivity contribution in [3.8, 4) is 0 Å². The van der Waals surface area contributed by atoms with Crippen molar-refractivity contribution >= 4 is 39.1 Å². The molecular weight excluding hydrogens is 481 g/mol. The summed E-state index contributed by atoms with van der Waals surface area (Å²) < 4.78 is 27.9. The number of halogens is 2. The molecular formula is C24H29Cl2N3O3S. The topological polar surface area (TPSA) is 69.7 Å². The zero-order valence-electron chi connectivity index (χ0n) is 18.8. The van der Waals surface area contributed by atoms with Crippen LogP contribution in [0, 0.1) is 0 Å². The Morgan fingerprint density at radius 1 is 1.09 bits per heavy atom. The summed E-state index contributed by atoms with van der Waals surface area (Å²) in [5.41, 5.74) is 0.555. The lowest BCUT2D eigenvalue weighted by atomic mass is 9.95. The molecule has 2 atom stereocenters. The Labute approximate surface area is 205 Å². The highest BCUT2D eigenvalue weighted by Crippen LogP contribution is 2.37. The molecule has 178 valence electrons. The molecule has 1 amide bonds. The van der Waals surface area contributed by atoms with Gasteiger partial charge < -0.3 is 4.90 Å². The van der Waals surface area contributed by atoms with Crippen LogP contribution in [-0.2, 0) is 21.2 Å². The second-order valence-electron chi connectivity index (χ2n) is 8.86. The van der Waals surface area contributed by atoms with E-state index < -0.39 is 15.7 Å². The Morgan fingerprint density at radius 2 is 1.76 bits per heavy atom. The fourth-order valence-corrected chi connectivity index (χ4v) is 6.74. The number of rotatable bonds is 6. The summed E-state index contributed by atoms with van der Waals surface area (Å²) in [6, 6.07) is 14.1. The van der Waals surface area contributed by atoms with E-state index in [0.717, 1.165) is 12.0 Å². The summed E-state index contributed by atoms with van der Waals surface area (Å²) >= 11 is 12.0. The predicted molar refractivity (Wildman–Crippen MR) is 131 cm³/mol. The molecule has 2 aromatic carbocycles. The first-order chi connectivity index (χ1) is 15.7. The van der Waals surface area contributed by atoms with Gasteiger partial charge in [-0.25, -0.2) is 8.42 Å². The fraction of sp³-hybridized carbons (Fsp3) is 0.458. The molecule has 1 spiro atoms. The van der Waals surface area contributed by atoms with E-state index in [0.29, 0.717) is 37.4 Å². The minimum Gasteiger partial charge on any atom is -0.320 e. The van der Waals surface area contributed by atoms with Crippen LogP contribution >= 0.6 is 23.2 Å². The van der Waals surface area contributed by atoms with Gasteiger partial charge in [-0.2, -0.15) is 4.31 Å². The quantitative estimate of drug-likeness (QED) is 0.629. The minimum atomic E-state index is -3.71. The summed E-state index contributed by atoms with van der Waals surface area (Å²) in [4.78, 5) is 15.6. The third-order valence-electron chi connectivity index (χ3n) is 6.83. The van der Waals surface area contributed by atoms with Crippen LogP contribution < -0.4 is 5.32 Å². The van der Waals surface area contributed by atoms with Gasteiger partial charge in [0.15, 0.2) is 0 Å². The zero-order valence-corrected chi connectivity index (χ0v) is 21.1. The average molecular weight is 510 g/mol. The standard InChI is InChI=1S/C24H29Cl2N3O3S/c1-3-17(2)29-23(30)22(15-18-7-5-4-6-8-18)27-24(29)11-13-28(14-12-24)33(31,32)19-9-10-20(25)21(26)16-19/h4-10,16-17,22,27H,3,11-15H2,1-2H3/t17-,22-/m0/s1. The van der Waals surface area contributed by atoms with Gasteiger partial charge in [-0.05, 0) is 56.4 Å². The maximum atomic E-state index is 13.5. The highest BCUT2D eigenvalue weighted by Gasteiger charge is 2.53. The van der Waals surface area contributed by atoms with Crippen molar-refractivity contribution in [2.45, 2.75) is 62.2 Å². The Bertz CT molecular complexity index is 1120. The van der Waals surface area contributed by atoms with E-state index in [1.54, 1.807) is 0 Å². The first-order valence-corrected chi connectivity index (χ1v) is 13.5. The van der Waals surface area contributed by atoms with Gasteiger partial charge in [-0.1, -0.05) is 60.5 Å². The van der Waals surface area contributed by atoms with Crippen LogP contribution in [0.2, 0.25) is 10.0 Å². The molecule has 2 heterocycles. The SMILES string of the molecule is CC[C@H](C)N1C(=O)[C@H](Cc2ccccc2)NC12CCN(S(=O)(=O)c1ccc(Cl)c(Cl)c1)CC2. The lowest BCUT2D eigenvalue weighted by Gasteiger charge is -2.46. The number of nitrogens with one attached hydrogen (secondary N) is 1. The van der Waals surface area contributed by atoms with Crippen molar-refractivity contribution in [2.75, 3.05) is 13.1 Å². The number of amides is 1. The number of sulfonamides is 1. The van der Waals surface area contributed by atoms with Gasteiger partial charge >= 0.3 is 0 Å². The molecule has 2 fully saturated rings. The van der Waals surface area contributed by atoms with Crippen molar-refractivity contribution in [3.05, 3.63) is 64.1 Å². The zero-order chi connectivity index (χ0) is 23.8. The van der Waals surface area contributed by atoms with Crippen LogP contribution in [0.15, 0.2) is 53.4 Å². The van der Waals surface area contributed by atoms with Crippen LogP contribution in [-0.4, -0.2) is 54.4 Å². The summed E-state index contributed by atoms with van der Waals surface area (Å²) in [5, 5.41) is 4.14. The fourth-order valence-electron chi connectivity index (χ4n) is 4.91. The molecule has 9 heteroatoms. The van der Waals surface area contributed by atoms with Crippen LogP contribution in [0.3, 0.4) is 0 Å². The average Bonchev–Trinajstić information content (AvgIpc) is 3.06. The monoisotopic (exact) mass is 509 g/mol. The highest BCUT2D eigenvalue weighted by molar-refractivity contribution is 7.89. The molecule has 1 N–H and O–H groups in total. The Morgan fingerprint density at radius 3 is 2.36 bits per heavy atom. The molecule has 2 saturated heterocycles. The van der Waals surface area contributed by atoms with E-state index in [1.165, 1.54) is 22.5 Å². The smallest absolute Gasteiger partial charge is 0.243 e. The molecule has 6 nitrogen and oxygen atoms in total. The van der Waals surface area contributed by atoms with Crippen LogP contribution in [0.5, 0.6) is 0 Å². The molecule has 0 bridgehead atoms. The maximum Gasteiger partial charge on any atom is 0.243 e. The molecule has 0 radical (unpaired) electrons. The number of hydrogen-bond acceptors (Lipinski definition) is 4. The summed E-state index contributed by atoms with van der Waals surface area (Å²) in [6.07, 6.45) is 2.49. The number of nitrogens with zero attached hydrogens (tertiary/aromatic N) is 2. The number of piperidine rings is 1. The van der Waals surface area contributed by atoms with Crippen molar-refractivity contribution in [1.29, 1.82) is 0 Å². The van der Waals surface area contributed by atoms with Crippen molar-refractivity contribution in [2.24, 2.45) is 0 Å². The normalized spacial score (nSPS) is 22.1. The number of hydrogen-bond donors (Lipinski definition) is 1. The molecule has 2 aliphatic heterocycles. The predicted octanol–water partition coefficient (Wildman–Crippen LogP) is 4.32. The van der Waals surface area contributed by atoms with Crippen LogP contribution in [0.4, 0.5) is 0 Å². The second kappa shape index (κ2) is 9.55. The van der Waals surface area contributed by atoms with Gasteiger partial charge in [-0.15, -0.1) is 0 Å². The molecule has 0 aliphatic carbocycles. The molecule has 33 heavy (non-hydrogen) atoms. The molecule has 2 aliphatic rings. The molecule has 4 rings (SSSR count). The minimum absolute atomic E-state index is 0.0593. The van der Waals surface area contributed by atoms with E-state index in [2.05, 4.69) is 19.2 Å². The van der Waals surface area contributed by atoms with Gasteiger partial charge in [0.1, 0.15) is 0 Å². The van der Waals surface area contributed by atoms with E-state index >= 15 is 0 Å². The van der Waals surface area contributed by atoms with Crippen molar-refractivity contribution in [3.63, 3.8) is 0 Å². The largest absolute Gasteiger partial charge is 0.320 e. The Kier molecular flexibility index (Phi) is 7.08. The van der Waals surface area contributed by atoms with Gasteiger partial charge in [0.25, 0.3) is 0 Å². The first kappa shape index (κ1) is 24.5. The Hall–Kier alpha value is -1.64. The van der Waals surface area contributed by atoms with E-state index in [1.807, 2.05) is 35.2 Å². The highest BCUT2D eigenvalue weighted by atomic mass is 35.5. The summed E-state index contributed by atoms with van der Waals surface area (Å²) in [6.45, 7) is 4.76. The molecule has 0 aromatic heterocycles. The maximum absolute atomic E-state index is 13.5. The molecule has 0 unspecified atom stereocenters. The van der Waals surface area contributed by atoms with E-state index in [9.17, 15) is 13.2 Å². The second-order valence-corrected chi connectivity index (χ2v) is 11.6. The number of benzene rings is 2. The lowest BCUT2D eigenvalue weighted by Crippen LogP contribution is -2.61. The van der Waals surface area contributed by atoms with Crippen LogP contribution in [0.25, 0.3) is 0 Å². The molecule has 2 aromatic rings. The third kappa shape index (κ3) is 4.66. The third-order valence-corrected chi connectivity index (χ3v) is 9.47. The van der Waals surface area contributed by atoms with Crippen LogP contribution in [0.1, 0.15) is 38.7 Å². The number of carbonyl (C=O) groups is 1. The van der Waals surface area contributed by atoms with Crippen molar-refractivity contribution < 1.29 is 13.2 Å². The lowest BCUT2D eigenvalue weighted by molar-refractivity contribution is -0.136. The summed E-state index contributed by atoms with van der Waals surface area (Å²) in [5.74, 6) is 0.0917.